The molecule has 0 aromatic heterocycles. The van der Waals surface area contributed by atoms with E-state index in [9.17, 15) is 9.59 Å². The molecule has 4 rings (SSSR count). The summed E-state index contributed by atoms with van der Waals surface area (Å²) in [5.41, 5.74) is 1.68. The first kappa shape index (κ1) is 18.2. The summed E-state index contributed by atoms with van der Waals surface area (Å²) in [5, 5.41) is 1.36. The molecule has 5 nitrogen and oxygen atoms in total. The van der Waals surface area contributed by atoms with Crippen LogP contribution in [0.5, 0.6) is 0 Å². The maximum absolute atomic E-state index is 13.2. The van der Waals surface area contributed by atoms with Gasteiger partial charge in [-0.3, -0.25) is 14.5 Å². The topological polar surface area (TPSA) is 53.0 Å². The largest absolute Gasteiger partial charge is 0.315 e. The van der Waals surface area contributed by atoms with Crippen molar-refractivity contribution in [3.63, 3.8) is 0 Å². The van der Waals surface area contributed by atoms with Crippen molar-refractivity contribution in [3.05, 3.63) is 28.8 Å². The number of benzene rings is 1. The van der Waals surface area contributed by atoms with Gasteiger partial charge in [-0.2, -0.15) is 0 Å². The third-order valence-electron chi connectivity index (χ3n) is 5.23. The summed E-state index contributed by atoms with van der Waals surface area (Å²) in [7, 11) is 0. The van der Waals surface area contributed by atoms with Crippen LogP contribution in [0.25, 0.3) is 0 Å². The van der Waals surface area contributed by atoms with Crippen LogP contribution in [0.4, 0.5) is 5.69 Å². The summed E-state index contributed by atoms with van der Waals surface area (Å²) >= 11 is 9.48. The van der Waals surface area contributed by atoms with E-state index in [1.807, 2.05) is 30.0 Å². The Morgan fingerprint density at radius 3 is 3.04 bits per heavy atom. The van der Waals surface area contributed by atoms with Crippen molar-refractivity contribution in [2.45, 2.75) is 37.6 Å². The molecule has 0 radical (unpaired) electrons. The van der Waals surface area contributed by atoms with E-state index in [4.69, 9.17) is 16.6 Å². The third kappa shape index (κ3) is 2.94. The highest BCUT2D eigenvalue weighted by molar-refractivity contribution is 8.14. The fraction of sp³-hybridized carbons (Fsp3) is 0.500. The number of aliphatic imine (C=N–C) groups is 1. The van der Waals surface area contributed by atoms with Crippen LogP contribution >= 0.6 is 35.1 Å². The molecule has 8 heteroatoms. The summed E-state index contributed by atoms with van der Waals surface area (Å²) < 4.78 is 0. The molecule has 3 heterocycles. The summed E-state index contributed by atoms with van der Waals surface area (Å²) in [4.78, 5) is 33.6. The average Bonchev–Trinajstić information content (AvgIpc) is 3.28. The Kier molecular flexibility index (Phi) is 4.73. The van der Waals surface area contributed by atoms with Gasteiger partial charge in [0.05, 0.1) is 10.6 Å². The van der Waals surface area contributed by atoms with Gasteiger partial charge in [-0.05, 0) is 38.0 Å². The number of amidine groups is 1. The quantitative estimate of drug-likeness (QED) is 0.747. The van der Waals surface area contributed by atoms with Crippen LogP contribution in [0.15, 0.2) is 23.2 Å². The van der Waals surface area contributed by atoms with Gasteiger partial charge in [-0.15, -0.1) is 11.8 Å². The Bertz CT molecular complexity index is 816. The Labute approximate surface area is 166 Å². The lowest BCUT2D eigenvalue weighted by Gasteiger charge is -2.31. The van der Waals surface area contributed by atoms with Gasteiger partial charge in [0.25, 0.3) is 5.91 Å². The number of rotatable bonds is 2. The van der Waals surface area contributed by atoms with Crippen LogP contribution in [0.2, 0.25) is 5.02 Å². The summed E-state index contributed by atoms with van der Waals surface area (Å²) in [6.07, 6.45) is 1.35. The number of halogens is 1. The number of carbonyl (C=O) groups excluding carboxylic acids is 2. The summed E-state index contributed by atoms with van der Waals surface area (Å²) in [6, 6.07) is 5.22. The van der Waals surface area contributed by atoms with Crippen molar-refractivity contribution < 1.29 is 9.59 Å². The van der Waals surface area contributed by atoms with Crippen LogP contribution < -0.4 is 0 Å². The number of amides is 2. The molecule has 1 aromatic carbocycles. The van der Waals surface area contributed by atoms with Crippen molar-refractivity contribution >= 4 is 57.8 Å². The molecule has 0 bridgehead atoms. The minimum absolute atomic E-state index is 0.0140. The zero-order chi connectivity index (χ0) is 18.5. The van der Waals surface area contributed by atoms with Gasteiger partial charge in [-0.1, -0.05) is 29.4 Å². The van der Waals surface area contributed by atoms with Crippen molar-refractivity contribution in [1.29, 1.82) is 0 Å². The molecule has 1 aromatic rings. The highest BCUT2D eigenvalue weighted by atomic mass is 35.5. The molecule has 0 aliphatic carbocycles. The molecule has 2 unspecified atom stereocenters. The van der Waals surface area contributed by atoms with Crippen LogP contribution in [0, 0.1) is 6.92 Å². The number of fused-ring (bicyclic) bond motifs is 1. The van der Waals surface area contributed by atoms with Gasteiger partial charge in [0.15, 0.2) is 5.17 Å². The van der Waals surface area contributed by atoms with E-state index in [0.29, 0.717) is 28.9 Å². The molecular weight excluding hydrogens is 390 g/mol. The van der Waals surface area contributed by atoms with E-state index in [2.05, 4.69) is 6.92 Å². The van der Waals surface area contributed by atoms with Crippen molar-refractivity contribution in [3.8, 4) is 0 Å². The van der Waals surface area contributed by atoms with Crippen molar-refractivity contribution in [2.75, 3.05) is 18.1 Å². The number of hydrogen-bond acceptors (Lipinski definition) is 5. The Morgan fingerprint density at radius 1 is 1.42 bits per heavy atom. The molecule has 138 valence electrons. The summed E-state index contributed by atoms with van der Waals surface area (Å²) in [5.74, 6) is 1.55. The maximum atomic E-state index is 13.2. The first-order valence-electron chi connectivity index (χ1n) is 8.65. The van der Waals surface area contributed by atoms with Gasteiger partial charge in [0.1, 0.15) is 6.04 Å². The molecule has 2 amide bonds. The van der Waals surface area contributed by atoms with E-state index < -0.39 is 0 Å². The maximum Gasteiger partial charge on any atom is 0.252 e. The van der Waals surface area contributed by atoms with Crippen LogP contribution in [0.1, 0.15) is 25.3 Å². The molecule has 2 atom stereocenters. The predicted octanol–water partition coefficient (Wildman–Crippen LogP) is 3.67. The second-order valence-corrected chi connectivity index (χ2v) is 9.85. The van der Waals surface area contributed by atoms with E-state index in [1.54, 1.807) is 28.4 Å². The first-order chi connectivity index (χ1) is 12.4. The van der Waals surface area contributed by atoms with Gasteiger partial charge in [0, 0.05) is 29.5 Å². The van der Waals surface area contributed by atoms with Gasteiger partial charge >= 0.3 is 0 Å². The molecule has 26 heavy (non-hydrogen) atoms. The SMILES string of the molecule is Cc1c(Cl)cccc1N=C1SCCN1C(=O)C1CSC2(C)CCC(=O)N12. The molecule has 0 saturated carbocycles. The molecular formula is C18H20ClN3O2S2. The normalized spacial score (nSPS) is 29.7. The lowest BCUT2D eigenvalue weighted by Crippen LogP contribution is -2.51. The third-order valence-corrected chi connectivity index (χ3v) is 8.10. The molecule has 3 aliphatic rings. The minimum atomic E-state index is -0.385. The summed E-state index contributed by atoms with van der Waals surface area (Å²) in [6.45, 7) is 4.62. The lowest BCUT2D eigenvalue weighted by atomic mass is 10.2. The second kappa shape index (κ2) is 6.77. The van der Waals surface area contributed by atoms with E-state index in [1.165, 1.54) is 0 Å². The minimum Gasteiger partial charge on any atom is -0.315 e. The van der Waals surface area contributed by atoms with E-state index in [0.717, 1.165) is 23.4 Å². The monoisotopic (exact) mass is 409 g/mol. The fourth-order valence-corrected chi connectivity index (χ4v) is 6.25. The Morgan fingerprint density at radius 2 is 2.23 bits per heavy atom. The number of nitrogens with zero attached hydrogens (tertiary/aromatic N) is 3. The fourth-order valence-electron chi connectivity index (χ4n) is 3.70. The number of thioether (sulfide) groups is 2. The van der Waals surface area contributed by atoms with Gasteiger partial charge in [-0.25, -0.2) is 4.99 Å². The molecule has 3 aliphatic heterocycles. The van der Waals surface area contributed by atoms with Crippen LogP contribution in [0.3, 0.4) is 0 Å². The van der Waals surface area contributed by atoms with Crippen molar-refractivity contribution in [1.82, 2.24) is 9.80 Å². The van der Waals surface area contributed by atoms with E-state index in [-0.39, 0.29) is 22.7 Å². The highest BCUT2D eigenvalue weighted by Gasteiger charge is 2.54. The van der Waals surface area contributed by atoms with Gasteiger partial charge < -0.3 is 4.90 Å². The zero-order valence-electron chi connectivity index (χ0n) is 14.7. The smallest absolute Gasteiger partial charge is 0.252 e. The van der Waals surface area contributed by atoms with E-state index >= 15 is 0 Å². The second-order valence-electron chi connectivity index (χ2n) is 6.88. The Balaban J connectivity index is 1.61. The average molecular weight is 410 g/mol. The molecule has 0 N–H and O–H groups in total. The van der Waals surface area contributed by atoms with Crippen LogP contribution in [-0.2, 0) is 9.59 Å². The Hall–Kier alpha value is -1.18. The molecule has 3 saturated heterocycles. The lowest BCUT2D eigenvalue weighted by molar-refractivity contribution is -0.141. The van der Waals surface area contributed by atoms with Gasteiger partial charge in [0.2, 0.25) is 5.91 Å². The van der Waals surface area contributed by atoms with Crippen molar-refractivity contribution in [2.24, 2.45) is 4.99 Å². The zero-order valence-corrected chi connectivity index (χ0v) is 17.1. The first-order valence-corrected chi connectivity index (χ1v) is 11.0. The highest BCUT2D eigenvalue weighted by Crippen LogP contribution is 2.47. The predicted molar refractivity (Wildman–Crippen MR) is 108 cm³/mol. The van der Waals surface area contributed by atoms with Crippen LogP contribution in [-0.4, -0.2) is 55.7 Å². The number of carbonyl (C=O) groups is 2. The molecule has 3 fully saturated rings. The standard InChI is InChI=1S/C18H20ClN3O2S2/c1-11-12(19)4-3-5-13(11)20-17-21(8-9-25-17)16(24)14-10-26-18(2)7-6-15(23)22(14)18/h3-5,14H,6-10H2,1-2H3. The number of hydrogen-bond donors (Lipinski definition) is 0. The molecule has 0 spiro atoms.